The number of halogens is 1. The van der Waals surface area contributed by atoms with Crippen molar-refractivity contribution in [3.05, 3.63) is 35.0 Å². The lowest BCUT2D eigenvalue weighted by atomic mass is 9.96. The van der Waals surface area contributed by atoms with Gasteiger partial charge in [0.25, 0.3) is 0 Å². The molecule has 18 heavy (non-hydrogen) atoms. The van der Waals surface area contributed by atoms with E-state index in [4.69, 9.17) is 21.9 Å². The second kappa shape index (κ2) is 4.65. The van der Waals surface area contributed by atoms with Crippen molar-refractivity contribution in [2.75, 3.05) is 5.73 Å². The highest BCUT2D eigenvalue weighted by molar-refractivity contribution is 6.30. The van der Waals surface area contributed by atoms with E-state index < -0.39 is 0 Å². The summed E-state index contributed by atoms with van der Waals surface area (Å²) in [5, 5.41) is 4.63. The van der Waals surface area contributed by atoms with E-state index in [-0.39, 0.29) is 0 Å². The van der Waals surface area contributed by atoms with Gasteiger partial charge < -0.3 is 10.3 Å². The first-order chi connectivity index (χ1) is 8.75. The number of hydrogen-bond donors (Lipinski definition) is 1. The van der Waals surface area contributed by atoms with Gasteiger partial charge in [-0.1, -0.05) is 41.7 Å². The van der Waals surface area contributed by atoms with E-state index >= 15 is 0 Å². The van der Waals surface area contributed by atoms with Crippen molar-refractivity contribution in [2.24, 2.45) is 0 Å². The molecular formula is C14H15ClN2O. The van der Waals surface area contributed by atoms with Gasteiger partial charge in [-0.05, 0) is 30.5 Å². The van der Waals surface area contributed by atoms with E-state index in [1.807, 2.05) is 24.3 Å². The fourth-order valence-corrected chi connectivity index (χ4v) is 2.91. The van der Waals surface area contributed by atoms with Gasteiger partial charge in [-0.15, -0.1) is 0 Å². The van der Waals surface area contributed by atoms with Crippen molar-refractivity contribution >= 4 is 17.4 Å². The number of benzene rings is 1. The van der Waals surface area contributed by atoms with Gasteiger partial charge >= 0.3 is 0 Å². The largest absolute Gasteiger partial charge is 0.380 e. The summed E-state index contributed by atoms with van der Waals surface area (Å²) in [5.41, 5.74) is 7.85. The van der Waals surface area contributed by atoms with Crippen LogP contribution < -0.4 is 5.73 Å². The molecule has 2 aromatic rings. The molecule has 0 bridgehead atoms. The number of nitrogens with zero attached hydrogens (tertiary/aromatic N) is 1. The Hall–Kier alpha value is -1.48. The van der Waals surface area contributed by atoms with Crippen LogP contribution in [0.2, 0.25) is 5.02 Å². The van der Waals surface area contributed by atoms with E-state index in [2.05, 4.69) is 5.16 Å². The van der Waals surface area contributed by atoms with Crippen LogP contribution in [0.5, 0.6) is 0 Å². The van der Waals surface area contributed by atoms with Crippen molar-refractivity contribution < 1.29 is 4.52 Å². The average Bonchev–Trinajstić information content (AvgIpc) is 2.97. The first-order valence-corrected chi connectivity index (χ1v) is 6.64. The molecule has 1 heterocycles. The zero-order chi connectivity index (χ0) is 12.5. The minimum absolute atomic E-state index is 0.448. The van der Waals surface area contributed by atoms with E-state index in [0.29, 0.717) is 16.8 Å². The molecule has 1 aromatic heterocycles. The Morgan fingerprint density at radius 1 is 1.28 bits per heavy atom. The topological polar surface area (TPSA) is 52.0 Å². The van der Waals surface area contributed by atoms with Crippen molar-refractivity contribution in [2.45, 2.75) is 31.6 Å². The molecule has 2 N–H and O–H groups in total. The highest BCUT2D eigenvalue weighted by Crippen LogP contribution is 2.41. The van der Waals surface area contributed by atoms with Gasteiger partial charge in [0.2, 0.25) is 0 Å². The Morgan fingerprint density at radius 3 is 2.78 bits per heavy atom. The molecule has 0 spiro atoms. The second-order valence-corrected chi connectivity index (χ2v) is 5.24. The summed E-state index contributed by atoms with van der Waals surface area (Å²) < 4.78 is 5.46. The van der Waals surface area contributed by atoms with Crippen LogP contribution in [0.3, 0.4) is 0 Å². The molecule has 0 amide bonds. The third-order valence-corrected chi connectivity index (χ3v) is 3.82. The predicted octanol–water partition coefficient (Wildman–Crippen LogP) is 4.23. The summed E-state index contributed by atoms with van der Waals surface area (Å²) in [5.74, 6) is 1.83. The van der Waals surface area contributed by atoms with Crippen LogP contribution >= 0.6 is 11.6 Å². The molecule has 1 aliphatic carbocycles. The minimum Gasteiger partial charge on any atom is -0.380 e. The third-order valence-electron chi connectivity index (χ3n) is 3.58. The second-order valence-electron chi connectivity index (χ2n) is 4.80. The molecule has 0 radical (unpaired) electrons. The van der Waals surface area contributed by atoms with Gasteiger partial charge in [-0.25, -0.2) is 0 Å². The molecule has 94 valence electrons. The highest BCUT2D eigenvalue weighted by atomic mass is 35.5. The van der Waals surface area contributed by atoms with E-state index in [0.717, 1.165) is 29.7 Å². The lowest BCUT2D eigenvalue weighted by Crippen LogP contribution is -1.94. The summed E-state index contributed by atoms with van der Waals surface area (Å²) in [6.45, 7) is 0. The first-order valence-electron chi connectivity index (χ1n) is 6.26. The number of aromatic nitrogens is 1. The maximum Gasteiger partial charge on any atom is 0.175 e. The van der Waals surface area contributed by atoms with Crippen molar-refractivity contribution in [1.82, 2.24) is 5.16 Å². The Kier molecular flexibility index (Phi) is 3.00. The maximum atomic E-state index is 6.03. The van der Waals surface area contributed by atoms with E-state index in [1.54, 1.807) is 0 Å². The van der Waals surface area contributed by atoms with Gasteiger partial charge in [0.15, 0.2) is 5.82 Å². The number of rotatable bonds is 2. The molecule has 0 atom stereocenters. The Morgan fingerprint density at radius 2 is 2.06 bits per heavy atom. The molecule has 1 saturated carbocycles. The Balaban J connectivity index is 2.07. The lowest BCUT2D eigenvalue weighted by molar-refractivity contribution is 0.363. The molecule has 1 fully saturated rings. The SMILES string of the molecule is Nc1noc(C2CCCC2)c1-c1cccc(Cl)c1. The van der Waals surface area contributed by atoms with Crippen LogP contribution in [0.4, 0.5) is 5.82 Å². The predicted molar refractivity (Wildman–Crippen MR) is 72.6 cm³/mol. The average molecular weight is 263 g/mol. The smallest absolute Gasteiger partial charge is 0.175 e. The molecule has 1 aliphatic rings. The minimum atomic E-state index is 0.448. The maximum absolute atomic E-state index is 6.03. The van der Waals surface area contributed by atoms with Gasteiger partial charge in [0, 0.05) is 10.9 Å². The first kappa shape index (κ1) is 11.6. The van der Waals surface area contributed by atoms with Crippen LogP contribution in [0.15, 0.2) is 28.8 Å². The van der Waals surface area contributed by atoms with Crippen LogP contribution in [-0.2, 0) is 0 Å². The molecule has 3 rings (SSSR count). The highest BCUT2D eigenvalue weighted by Gasteiger charge is 2.26. The fourth-order valence-electron chi connectivity index (χ4n) is 2.72. The molecule has 4 heteroatoms. The van der Waals surface area contributed by atoms with Crippen LogP contribution in [0, 0.1) is 0 Å². The molecule has 0 aliphatic heterocycles. The van der Waals surface area contributed by atoms with Crippen molar-refractivity contribution in [3.8, 4) is 11.1 Å². The summed E-state index contributed by atoms with van der Waals surface area (Å²) >= 11 is 6.03. The molecule has 0 saturated heterocycles. The van der Waals surface area contributed by atoms with Crippen LogP contribution in [-0.4, -0.2) is 5.16 Å². The summed E-state index contributed by atoms with van der Waals surface area (Å²) in [6, 6.07) is 7.67. The normalized spacial score (nSPS) is 16.3. The zero-order valence-electron chi connectivity index (χ0n) is 10.0. The van der Waals surface area contributed by atoms with Gasteiger partial charge in [0.1, 0.15) is 5.76 Å². The Labute approximate surface area is 111 Å². The van der Waals surface area contributed by atoms with Crippen LogP contribution in [0.1, 0.15) is 37.4 Å². The number of hydrogen-bond acceptors (Lipinski definition) is 3. The number of nitrogen functional groups attached to an aromatic ring is 1. The summed E-state index contributed by atoms with van der Waals surface area (Å²) in [4.78, 5) is 0. The van der Waals surface area contributed by atoms with E-state index in [9.17, 15) is 0 Å². The third kappa shape index (κ3) is 1.99. The van der Waals surface area contributed by atoms with Crippen molar-refractivity contribution in [3.63, 3.8) is 0 Å². The van der Waals surface area contributed by atoms with Gasteiger partial charge in [0.05, 0.1) is 5.56 Å². The van der Waals surface area contributed by atoms with E-state index in [1.165, 1.54) is 12.8 Å². The molecule has 1 aromatic carbocycles. The Bertz CT molecular complexity index is 559. The quantitative estimate of drug-likeness (QED) is 0.881. The van der Waals surface area contributed by atoms with Crippen LogP contribution in [0.25, 0.3) is 11.1 Å². The van der Waals surface area contributed by atoms with Gasteiger partial charge in [-0.2, -0.15) is 0 Å². The monoisotopic (exact) mass is 262 g/mol. The standard InChI is InChI=1S/C14H15ClN2O/c15-11-7-3-6-10(8-11)12-13(18-17-14(12)16)9-4-1-2-5-9/h3,6-9H,1-2,4-5H2,(H2,16,17). The number of anilines is 1. The van der Waals surface area contributed by atoms with Gasteiger partial charge in [-0.3, -0.25) is 0 Å². The summed E-state index contributed by atoms with van der Waals surface area (Å²) in [6.07, 6.45) is 4.81. The molecular weight excluding hydrogens is 248 g/mol. The lowest BCUT2D eigenvalue weighted by Gasteiger charge is -2.08. The molecule has 0 unspecified atom stereocenters. The van der Waals surface area contributed by atoms with Crippen molar-refractivity contribution in [1.29, 1.82) is 0 Å². The molecule has 3 nitrogen and oxygen atoms in total. The number of nitrogens with two attached hydrogens (primary N) is 1. The fraction of sp³-hybridized carbons (Fsp3) is 0.357. The summed E-state index contributed by atoms with van der Waals surface area (Å²) in [7, 11) is 0. The zero-order valence-corrected chi connectivity index (χ0v) is 10.8.